The van der Waals surface area contributed by atoms with E-state index in [1.54, 1.807) is 17.9 Å². The van der Waals surface area contributed by atoms with Gasteiger partial charge in [0, 0.05) is 31.7 Å². The Balaban J connectivity index is 1.85. The largest absolute Gasteiger partial charge is 0.361 e. The minimum absolute atomic E-state index is 0.0365. The Kier molecular flexibility index (Phi) is 4.22. The monoisotopic (exact) mass is 341 g/mol. The van der Waals surface area contributed by atoms with Gasteiger partial charge in [-0.25, -0.2) is 8.42 Å². The highest BCUT2D eigenvalue weighted by Gasteiger charge is 2.48. The van der Waals surface area contributed by atoms with Crippen molar-refractivity contribution in [2.24, 2.45) is 5.92 Å². The summed E-state index contributed by atoms with van der Waals surface area (Å²) in [5, 5.41) is 3.78. The zero-order valence-corrected chi connectivity index (χ0v) is 14.5. The summed E-state index contributed by atoms with van der Waals surface area (Å²) in [5.41, 5.74) is 0.253. The Morgan fingerprint density at radius 3 is 2.65 bits per heavy atom. The first-order valence-electron chi connectivity index (χ1n) is 7.95. The van der Waals surface area contributed by atoms with Crippen molar-refractivity contribution in [3.63, 3.8) is 0 Å². The van der Waals surface area contributed by atoms with Gasteiger partial charge in [-0.2, -0.15) is 0 Å². The molecule has 0 aliphatic carbocycles. The molecule has 0 saturated carbocycles. The van der Waals surface area contributed by atoms with Gasteiger partial charge < -0.3 is 9.42 Å². The molecule has 0 unspecified atom stereocenters. The van der Waals surface area contributed by atoms with Crippen molar-refractivity contribution in [1.29, 1.82) is 0 Å². The predicted octanol–water partition coefficient (Wildman–Crippen LogP) is 0.562. The number of amides is 1. The van der Waals surface area contributed by atoms with Crippen LogP contribution in [-0.2, 0) is 9.84 Å². The number of carbonyl (C=O) groups excluding carboxylic acids is 1. The van der Waals surface area contributed by atoms with Crippen LogP contribution < -0.4 is 0 Å². The van der Waals surface area contributed by atoms with E-state index in [1.807, 2.05) is 0 Å². The molecule has 1 amide bonds. The SMILES string of the molecule is Cc1cc(C(=O)N2CCN(CC(C)C)[C@@H]3CS(=O)(=O)C[C@@H]32)no1. The van der Waals surface area contributed by atoms with E-state index in [1.165, 1.54) is 0 Å². The van der Waals surface area contributed by atoms with Crippen molar-refractivity contribution >= 4 is 15.7 Å². The lowest BCUT2D eigenvalue weighted by atomic mass is 10.0. The zero-order chi connectivity index (χ0) is 16.8. The Labute approximate surface area is 136 Å². The first-order chi connectivity index (χ1) is 10.8. The van der Waals surface area contributed by atoms with Crippen LogP contribution in [0, 0.1) is 12.8 Å². The second kappa shape index (κ2) is 5.90. The maximum atomic E-state index is 12.7. The number of piperazine rings is 1. The molecule has 8 heteroatoms. The van der Waals surface area contributed by atoms with E-state index in [4.69, 9.17) is 4.52 Å². The Morgan fingerprint density at radius 2 is 2.04 bits per heavy atom. The zero-order valence-electron chi connectivity index (χ0n) is 13.7. The fraction of sp³-hybridized carbons (Fsp3) is 0.733. The van der Waals surface area contributed by atoms with E-state index in [-0.39, 0.29) is 35.2 Å². The lowest BCUT2D eigenvalue weighted by molar-refractivity contribution is 0.0289. The number of rotatable bonds is 3. The maximum absolute atomic E-state index is 12.7. The molecule has 1 aromatic heterocycles. The summed E-state index contributed by atoms with van der Waals surface area (Å²) in [6.07, 6.45) is 0. The summed E-state index contributed by atoms with van der Waals surface area (Å²) < 4.78 is 29.3. The van der Waals surface area contributed by atoms with Gasteiger partial charge in [0.05, 0.1) is 17.5 Å². The predicted molar refractivity (Wildman–Crippen MR) is 84.9 cm³/mol. The fourth-order valence-corrected chi connectivity index (χ4v) is 5.60. The van der Waals surface area contributed by atoms with Crippen LogP contribution in [0.15, 0.2) is 10.6 Å². The molecule has 3 rings (SSSR count). The van der Waals surface area contributed by atoms with Crippen LogP contribution in [-0.4, -0.2) is 72.5 Å². The lowest BCUT2D eigenvalue weighted by Gasteiger charge is -2.44. The van der Waals surface area contributed by atoms with Gasteiger partial charge in [0.2, 0.25) is 0 Å². The molecule has 2 atom stereocenters. The van der Waals surface area contributed by atoms with Gasteiger partial charge in [0.25, 0.3) is 5.91 Å². The number of carbonyl (C=O) groups is 1. The van der Waals surface area contributed by atoms with E-state index in [9.17, 15) is 13.2 Å². The van der Waals surface area contributed by atoms with Crippen molar-refractivity contribution in [3.8, 4) is 0 Å². The lowest BCUT2D eigenvalue weighted by Crippen LogP contribution is -2.61. The third kappa shape index (κ3) is 3.28. The van der Waals surface area contributed by atoms with Crippen LogP contribution in [0.5, 0.6) is 0 Å². The van der Waals surface area contributed by atoms with Gasteiger partial charge >= 0.3 is 0 Å². The van der Waals surface area contributed by atoms with Crippen molar-refractivity contribution < 1.29 is 17.7 Å². The van der Waals surface area contributed by atoms with Gasteiger partial charge in [-0.3, -0.25) is 9.69 Å². The van der Waals surface area contributed by atoms with Crippen LogP contribution in [0.25, 0.3) is 0 Å². The normalized spacial score (nSPS) is 27.4. The molecule has 2 saturated heterocycles. The van der Waals surface area contributed by atoms with E-state index >= 15 is 0 Å². The van der Waals surface area contributed by atoms with Crippen LogP contribution in [0.3, 0.4) is 0 Å². The van der Waals surface area contributed by atoms with Crippen molar-refractivity contribution in [3.05, 3.63) is 17.5 Å². The van der Waals surface area contributed by atoms with Crippen LogP contribution in [0.4, 0.5) is 0 Å². The third-order valence-electron chi connectivity index (χ3n) is 4.50. The topological polar surface area (TPSA) is 83.7 Å². The smallest absolute Gasteiger partial charge is 0.276 e. The number of fused-ring (bicyclic) bond motifs is 1. The standard InChI is InChI=1S/C15H23N3O4S/c1-10(2)7-17-4-5-18(14-9-23(20,21)8-13(14)17)15(19)12-6-11(3)22-16-12/h6,10,13-14H,4-5,7-9H2,1-3H3/t13-,14+/m1/s1. The van der Waals surface area contributed by atoms with Gasteiger partial charge in [-0.05, 0) is 12.8 Å². The second-order valence-electron chi connectivity index (χ2n) is 6.92. The summed E-state index contributed by atoms with van der Waals surface area (Å²) in [6, 6.07) is 1.19. The number of aromatic nitrogens is 1. The van der Waals surface area contributed by atoms with E-state index < -0.39 is 9.84 Å². The van der Waals surface area contributed by atoms with E-state index in [0.717, 1.165) is 6.54 Å². The molecule has 2 aliphatic rings. The molecule has 128 valence electrons. The average Bonchev–Trinajstić information content (AvgIpc) is 3.00. The molecular weight excluding hydrogens is 318 g/mol. The minimum atomic E-state index is -3.12. The minimum Gasteiger partial charge on any atom is -0.361 e. The number of sulfone groups is 1. The highest BCUT2D eigenvalue weighted by atomic mass is 32.2. The summed E-state index contributed by atoms with van der Waals surface area (Å²) in [5.74, 6) is 0.959. The molecule has 0 bridgehead atoms. The van der Waals surface area contributed by atoms with Crippen LogP contribution >= 0.6 is 0 Å². The molecule has 0 aromatic carbocycles. The molecule has 7 nitrogen and oxygen atoms in total. The number of nitrogens with zero attached hydrogens (tertiary/aromatic N) is 3. The first kappa shape index (κ1) is 16.4. The number of aryl methyl sites for hydroxylation is 1. The molecule has 0 radical (unpaired) electrons. The number of hydrogen-bond donors (Lipinski definition) is 0. The quantitative estimate of drug-likeness (QED) is 0.799. The molecule has 2 aliphatic heterocycles. The highest BCUT2D eigenvalue weighted by molar-refractivity contribution is 7.91. The summed E-state index contributed by atoms with van der Waals surface area (Å²) in [6.45, 7) is 8.03. The Hall–Kier alpha value is -1.41. The van der Waals surface area contributed by atoms with Gasteiger partial charge in [-0.1, -0.05) is 19.0 Å². The van der Waals surface area contributed by atoms with Crippen LogP contribution in [0.1, 0.15) is 30.1 Å². The van der Waals surface area contributed by atoms with Crippen molar-refractivity contribution in [2.75, 3.05) is 31.1 Å². The molecule has 0 spiro atoms. The first-order valence-corrected chi connectivity index (χ1v) is 9.78. The van der Waals surface area contributed by atoms with E-state index in [2.05, 4.69) is 23.9 Å². The maximum Gasteiger partial charge on any atom is 0.276 e. The number of hydrogen-bond acceptors (Lipinski definition) is 6. The van der Waals surface area contributed by atoms with Gasteiger partial charge in [0.15, 0.2) is 15.5 Å². The summed E-state index contributed by atoms with van der Waals surface area (Å²) in [4.78, 5) is 16.6. The summed E-state index contributed by atoms with van der Waals surface area (Å²) >= 11 is 0. The van der Waals surface area contributed by atoms with E-state index in [0.29, 0.717) is 24.8 Å². The highest BCUT2D eigenvalue weighted by Crippen LogP contribution is 2.28. The third-order valence-corrected chi connectivity index (χ3v) is 6.20. The molecule has 0 N–H and O–H groups in total. The summed E-state index contributed by atoms with van der Waals surface area (Å²) in [7, 11) is -3.12. The van der Waals surface area contributed by atoms with Crippen molar-refractivity contribution in [1.82, 2.24) is 15.0 Å². The van der Waals surface area contributed by atoms with Gasteiger partial charge in [-0.15, -0.1) is 0 Å². The molecule has 3 heterocycles. The molecule has 1 aromatic rings. The molecule has 2 fully saturated rings. The fourth-order valence-electron chi connectivity index (χ4n) is 3.59. The van der Waals surface area contributed by atoms with Crippen molar-refractivity contribution in [2.45, 2.75) is 32.9 Å². The Morgan fingerprint density at radius 1 is 1.35 bits per heavy atom. The average molecular weight is 341 g/mol. The molecular formula is C15H23N3O4S. The Bertz CT molecular complexity index is 697. The van der Waals surface area contributed by atoms with Crippen LogP contribution in [0.2, 0.25) is 0 Å². The molecule has 23 heavy (non-hydrogen) atoms. The van der Waals surface area contributed by atoms with Gasteiger partial charge in [0.1, 0.15) is 5.76 Å². The second-order valence-corrected chi connectivity index (χ2v) is 9.08.